The van der Waals surface area contributed by atoms with Crippen LogP contribution in [0.2, 0.25) is 5.02 Å². The molecule has 0 saturated heterocycles. The lowest BCUT2D eigenvalue weighted by atomic mass is 10.1. The fourth-order valence-electron chi connectivity index (χ4n) is 3.38. The molecule has 0 bridgehead atoms. The first kappa shape index (κ1) is 17.6. The van der Waals surface area contributed by atoms with Crippen LogP contribution in [0.4, 0.5) is 0 Å². The number of fused-ring (bicyclic) bond motifs is 1. The molecule has 0 atom stereocenters. The summed E-state index contributed by atoms with van der Waals surface area (Å²) in [6.45, 7) is 1.36. The molecule has 0 radical (unpaired) electrons. The standard InChI is InChI=1S/C22H17ClN6/c23-19-18-20(16-7-3-1-4-8-16)27-29(14-13-28-12-11-24-15-28)22(18)26-25-21(19)17-9-5-2-6-10-17/h1-12,15H,13-14H2. The van der Waals surface area contributed by atoms with E-state index >= 15 is 0 Å². The maximum absolute atomic E-state index is 6.87. The minimum Gasteiger partial charge on any atom is -0.336 e. The second-order valence-corrected chi connectivity index (χ2v) is 7.04. The molecule has 0 N–H and O–H groups in total. The molecular formula is C22H17ClN6. The van der Waals surface area contributed by atoms with Gasteiger partial charge >= 0.3 is 0 Å². The van der Waals surface area contributed by atoms with Crippen LogP contribution in [0.25, 0.3) is 33.5 Å². The summed E-state index contributed by atoms with van der Waals surface area (Å²) in [4.78, 5) is 4.09. The van der Waals surface area contributed by atoms with E-state index in [4.69, 9.17) is 16.7 Å². The summed E-state index contributed by atoms with van der Waals surface area (Å²) in [5.74, 6) is 0. The van der Waals surface area contributed by atoms with Gasteiger partial charge in [0.1, 0.15) is 11.4 Å². The third-order valence-corrected chi connectivity index (χ3v) is 5.19. The average Bonchev–Trinajstić information content (AvgIpc) is 3.42. The largest absolute Gasteiger partial charge is 0.336 e. The average molecular weight is 401 g/mol. The molecule has 5 aromatic rings. The van der Waals surface area contributed by atoms with E-state index in [-0.39, 0.29) is 0 Å². The van der Waals surface area contributed by atoms with E-state index in [1.165, 1.54) is 0 Å². The lowest BCUT2D eigenvalue weighted by Crippen LogP contribution is -2.08. The highest BCUT2D eigenvalue weighted by atomic mass is 35.5. The van der Waals surface area contributed by atoms with Crippen LogP contribution in [0.1, 0.15) is 0 Å². The molecule has 0 aliphatic rings. The third kappa shape index (κ3) is 3.28. The Kier molecular flexibility index (Phi) is 4.54. The molecule has 0 aliphatic heterocycles. The minimum absolute atomic E-state index is 0.564. The molecule has 6 nitrogen and oxygen atoms in total. The highest BCUT2D eigenvalue weighted by Gasteiger charge is 2.20. The SMILES string of the molecule is Clc1c(-c2ccccc2)nnc2c1c(-c1ccccc1)nn2CCn1ccnc1. The Labute approximate surface area is 172 Å². The van der Waals surface area contributed by atoms with Gasteiger partial charge in [-0.05, 0) is 0 Å². The first-order valence-corrected chi connectivity index (χ1v) is 9.68. The lowest BCUT2D eigenvalue weighted by molar-refractivity contribution is 0.543. The zero-order valence-corrected chi connectivity index (χ0v) is 16.2. The third-order valence-electron chi connectivity index (χ3n) is 4.82. The number of rotatable bonds is 5. The maximum atomic E-state index is 6.87. The van der Waals surface area contributed by atoms with Gasteiger partial charge in [-0.3, -0.25) is 0 Å². The summed E-state index contributed by atoms with van der Waals surface area (Å²) in [5, 5.41) is 15.2. The van der Waals surface area contributed by atoms with Crippen molar-refractivity contribution in [3.05, 3.63) is 84.4 Å². The quantitative estimate of drug-likeness (QED) is 0.428. The van der Waals surface area contributed by atoms with Gasteiger partial charge in [-0.2, -0.15) is 5.10 Å². The van der Waals surface area contributed by atoms with Crippen LogP contribution in [0, 0.1) is 0 Å². The van der Waals surface area contributed by atoms with Crippen LogP contribution >= 0.6 is 11.6 Å². The fraction of sp³-hybridized carbons (Fsp3) is 0.0909. The van der Waals surface area contributed by atoms with Crippen molar-refractivity contribution < 1.29 is 0 Å². The van der Waals surface area contributed by atoms with E-state index in [1.54, 1.807) is 12.5 Å². The number of benzene rings is 2. The number of hydrogen-bond donors (Lipinski definition) is 0. The number of imidazole rings is 1. The molecule has 3 heterocycles. The number of aryl methyl sites for hydroxylation is 2. The summed E-state index contributed by atoms with van der Waals surface area (Å²) < 4.78 is 3.87. The molecule has 0 aliphatic carbocycles. The summed E-state index contributed by atoms with van der Waals surface area (Å²) in [7, 11) is 0. The zero-order chi connectivity index (χ0) is 19.6. The van der Waals surface area contributed by atoms with Crippen LogP contribution in [-0.2, 0) is 13.1 Å². The number of aromatic nitrogens is 6. The fourth-order valence-corrected chi connectivity index (χ4v) is 3.70. The Morgan fingerprint density at radius 3 is 2.14 bits per heavy atom. The Morgan fingerprint density at radius 2 is 1.48 bits per heavy atom. The van der Waals surface area contributed by atoms with Crippen molar-refractivity contribution in [1.82, 2.24) is 29.5 Å². The molecule has 2 aromatic carbocycles. The predicted molar refractivity (Wildman–Crippen MR) is 113 cm³/mol. The van der Waals surface area contributed by atoms with Crippen LogP contribution in [0.3, 0.4) is 0 Å². The topological polar surface area (TPSA) is 61.4 Å². The number of hydrogen-bond acceptors (Lipinski definition) is 4. The Bertz CT molecular complexity index is 1250. The van der Waals surface area contributed by atoms with E-state index in [2.05, 4.69) is 15.2 Å². The summed E-state index contributed by atoms with van der Waals surface area (Å²) in [6, 6.07) is 19.9. The molecule has 5 rings (SSSR count). The van der Waals surface area contributed by atoms with Crippen molar-refractivity contribution >= 4 is 22.6 Å². The smallest absolute Gasteiger partial charge is 0.182 e. The van der Waals surface area contributed by atoms with Gasteiger partial charge in [-0.15, -0.1) is 10.2 Å². The highest BCUT2D eigenvalue weighted by Crippen LogP contribution is 2.37. The van der Waals surface area contributed by atoms with Crippen molar-refractivity contribution in [3.8, 4) is 22.5 Å². The van der Waals surface area contributed by atoms with Gasteiger partial charge < -0.3 is 4.57 Å². The van der Waals surface area contributed by atoms with Crippen LogP contribution in [0.15, 0.2) is 79.4 Å². The normalized spacial score (nSPS) is 11.2. The summed E-state index contributed by atoms with van der Waals surface area (Å²) in [6.07, 6.45) is 5.48. The van der Waals surface area contributed by atoms with E-state index in [0.29, 0.717) is 22.9 Å². The van der Waals surface area contributed by atoms with Gasteiger partial charge in [-0.1, -0.05) is 72.3 Å². The van der Waals surface area contributed by atoms with Gasteiger partial charge in [0.25, 0.3) is 0 Å². The minimum atomic E-state index is 0.564. The van der Waals surface area contributed by atoms with E-state index in [0.717, 1.165) is 28.8 Å². The highest BCUT2D eigenvalue weighted by molar-refractivity contribution is 6.38. The van der Waals surface area contributed by atoms with Crippen LogP contribution in [0.5, 0.6) is 0 Å². The predicted octanol–water partition coefficient (Wildman–Crippen LogP) is 4.71. The Morgan fingerprint density at radius 1 is 0.793 bits per heavy atom. The van der Waals surface area contributed by atoms with Crippen molar-refractivity contribution in [2.45, 2.75) is 13.1 Å². The summed E-state index contributed by atoms with van der Waals surface area (Å²) >= 11 is 6.87. The zero-order valence-electron chi connectivity index (χ0n) is 15.5. The first-order valence-electron chi connectivity index (χ1n) is 9.30. The van der Waals surface area contributed by atoms with Crippen molar-refractivity contribution in [3.63, 3.8) is 0 Å². The molecule has 0 saturated carbocycles. The van der Waals surface area contributed by atoms with Gasteiger partial charge in [0, 0.05) is 30.1 Å². The van der Waals surface area contributed by atoms with Crippen molar-refractivity contribution in [2.24, 2.45) is 0 Å². The molecule has 0 unspecified atom stereocenters. The monoisotopic (exact) mass is 400 g/mol. The molecule has 7 heteroatoms. The molecule has 3 aromatic heterocycles. The molecule has 0 spiro atoms. The number of nitrogens with zero attached hydrogens (tertiary/aromatic N) is 6. The lowest BCUT2D eigenvalue weighted by Gasteiger charge is -2.06. The summed E-state index contributed by atoms with van der Waals surface area (Å²) in [5.41, 5.74) is 4.06. The second-order valence-electron chi connectivity index (χ2n) is 6.67. The van der Waals surface area contributed by atoms with Crippen molar-refractivity contribution in [2.75, 3.05) is 0 Å². The Hall–Kier alpha value is -3.51. The Balaban J connectivity index is 1.68. The molecule has 0 fully saturated rings. The van der Waals surface area contributed by atoms with E-state index in [1.807, 2.05) is 76.1 Å². The molecular weight excluding hydrogens is 384 g/mol. The number of halogens is 1. The second kappa shape index (κ2) is 7.48. The first-order chi connectivity index (χ1) is 14.3. The van der Waals surface area contributed by atoms with Crippen molar-refractivity contribution in [1.29, 1.82) is 0 Å². The van der Waals surface area contributed by atoms with E-state index < -0.39 is 0 Å². The maximum Gasteiger partial charge on any atom is 0.182 e. The van der Waals surface area contributed by atoms with E-state index in [9.17, 15) is 0 Å². The van der Waals surface area contributed by atoms with Gasteiger partial charge in [0.2, 0.25) is 0 Å². The van der Waals surface area contributed by atoms with Crippen LogP contribution in [-0.4, -0.2) is 29.5 Å². The molecule has 29 heavy (non-hydrogen) atoms. The van der Waals surface area contributed by atoms with Gasteiger partial charge in [0.15, 0.2) is 5.65 Å². The van der Waals surface area contributed by atoms with Gasteiger partial charge in [0.05, 0.1) is 23.3 Å². The molecule has 142 valence electrons. The van der Waals surface area contributed by atoms with Gasteiger partial charge in [-0.25, -0.2) is 9.67 Å². The van der Waals surface area contributed by atoms with Crippen LogP contribution < -0.4 is 0 Å². The molecule has 0 amide bonds.